The predicted octanol–water partition coefficient (Wildman–Crippen LogP) is -7.30. The lowest BCUT2D eigenvalue weighted by atomic mass is 9.98. The summed E-state index contributed by atoms with van der Waals surface area (Å²) in [6.45, 7) is -3.34. The summed E-state index contributed by atoms with van der Waals surface area (Å²) < 4.78 is 21.1. The summed E-state index contributed by atoms with van der Waals surface area (Å²) in [7, 11) is 0. The molecule has 11 N–H and O–H groups in total. The van der Waals surface area contributed by atoms with Gasteiger partial charge in [0.2, 0.25) is 0 Å². The molecule has 0 radical (unpaired) electrons. The van der Waals surface area contributed by atoms with Crippen molar-refractivity contribution in [1.82, 2.24) is 0 Å². The number of hydrogen-bond acceptors (Lipinski definition) is 15. The van der Waals surface area contributed by atoms with Crippen LogP contribution >= 0.6 is 0 Å². The van der Waals surface area contributed by atoms with Crippen molar-refractivity contribution < 1.29 is 75.1 Å². The van der Waals surface area contributed by atoms with Crippen LogP contribution in [0.3, 0.4) is 0 Å². The summed E-state index contributed by atoms with van der Waals surface area (Å²) in [5.41, 5.74) is 0. The molecule has 0 aromatic rings. The molecule has 2 saturated heterocycles. The van der Waals surface area contributed by atoms with Crippen LogP contribution in [0.4, 0.5) is 0 Å². The van der Waals surface area contributed by atoms with Crippen molar-refractivity contribution in [3.05, 3.63) is 0 Å². The van der Waals surface area contributed by atoms with Gasteiger partial charge in [0.15, 0.2) is 12.6 Å². The Bertz CT molecular complexity index is 554. The number of ether oxygens (including phenoxy) is 4. The number of rotatable bonds is 11. The molecule has 0 saturated carbocycles. The molecule has 32 heavy (non-hydrogen) atoms. The van der Waals surface area contributed by atoms with Crippen LogP contribution in [0.25, 0.3) is 0 Å². The largest absolute Gasteiger partial charge is 0.394 e. The van der Waals surface area contributed by atoms with E-state index < -0.39 is 106 Å². The SMILES string of the molecule is OC[C@@H](O)[C@H](OC1O[C@H](CO)[C@H](O)[C@H](OC2O[C@@H](CO)[C@H](O)[C@H]2O)[C@H]1O)[C@H](O)[C@@H](O)CO. The van der Waals surface area contributed by atoms with Crippen LogP contribution in [0.5, 0.6) is 0 Å². The predicted molar refractivity (Wildman–Crippen MR) is 97.5 cm³/mol. The molecule has 2 rings (SSSR count). The number of aliphatic hydroxyl groups excluding tert-OH is 11. The minimum absolute atomic E-state index is 0.659. The van der Waals surface area contributed by atoms with Gasteiger partial charge >= 0.3 is 0 Å². The summed E-state index contributed by atoms with van der Waals surface area (Å²) in [5.74, 6) is 0. The van der Waals surface area contributed by atoms with Crippen molar-refractivity contribution in [1.29, 1.82) is 0 Å². The first-order chi connectivity index (χ1) is 15.1. The van der Waals surface area contributed by atoms with Crippen molar-refractivity contribution in [2.75, 3.05) is 26.4 Å². The maximum atomic E-state index is 10.6. The van der Waals surface area contributed by atoms with Gasteiger partial charge in [-0.05, 0) is 0 Å². The molecule has 0 aromatic heterocycles. The van der Waals surface area contributed by atoms with E-state index in [1.165, 1.54) is 0 Å². The molecule has 2 fully saturated rings. The van der Waals surface area contributed by atoms with E-state index in [2.05, 4.69) is 0 Å². The van der Waals surface area contributed by atoms with Crippen molar-refractivity contribution in [3.63, 3.8) is 0 Å². The molecule has 190 valence electrons. The minimum Gasteiger partial charge on any atom is -0.394 e. The molecule has 0 spiro atoms. The Labute approximate surface area is 182 Å². The van der Waals surface area contributed by atoms with Gasteiger partial charge in [0.05, 0.1) is 26.4 Å². The zero-order valence-electron chi connectivity index (χ0n) is 16.9. The first-order valence-corrected chi connectivity index (χ1v) is 9.92. The van der Waals surface area contributed by atoms with Crippen molar-refractivity contribution in [2.24, 2.45) is 0 Å². The third-order valence-corrected chi connectivity index (χ3v) is 5.39. The van der Waals surface area contributed by atoms with E-state index in [9.17, 15) is 46.0 Å². The van der Waals surface area contributed by atoms with Gasteiger partial charge in [-0.3, -0.25) is 0 Å². The summed E-state index contributed by atoms with van der Waals surface area (Å²) >= 11 is 0. The molecular formula is C17H32O15. The second-order valence-corrected chi connectivity index (χ2v) is 7.61. The zero-order valence-corrected chi connectivity index (χ0v) is 16.9. The second-order valence-electron chi connectivity index (χ2n) is 7.61. The lowest BCUT2D eigenvalue weighted by molar-refractivity contribution is -0.348. The van der Waals surface area contributed by atoms with E-state index in [1.807, 2.05) is 0 Å². The summed E-state index contributed by atoms with van der Waals surface area (Å²) in [5, 5.41) is 107. The Hall–Kier alpha value is -0.600. The minimum atomic E-state index is -1.95. The van der Waals surface area contributed by atoms with E-state index in [-0.39, 0.29) is 0 Å². The average molecular weight is 476 g/mol. The molecule has 15 nitrogen and oxygen atoms in total. The monoisotopic (exact) mass is 476 g/mol. The van der Waals surface area contributed by atoms with E-state index in [0.717, 1.165) is 0 Å². The highest BCUT2D eigenvalue weighted by molar-refractivity contribution is 4.94. The first kappa shape index (κ1) is 27.6. The van der Waals surface area contributed by atoms with Crippen LogP contribution < -0.4 is 0 Å². The second kappa shape index (κ2) is 12.2. The van der Waals surface area contributed by atoms with Crippen LogP contribution in [0, 0.1) is 0 Å². The highest BCUT2D eigenvalue weighted by Gasteiger charge is 2.52. The average Bonchev–Trinajstić information content (AvgIpc) is 3.07. The number of hydrogen-bond donors (Lipinski definition) is 11. The molecule has 15 heteroatoms. The zero-order chi connectivity index (χ0) is 24.2. The van der Waals surface area contributed by atoms with Crippen LogP contribution in [0.1, 0.15) is 0 Å². The lowest BCUT2D eigenvalue weighted by Gasteiger charge is -2.44. The van der Waals surface area contributed by atoms with Gasteiger partial charge in [-0.1, -0.05) is 0 Å². The Kier molecular flexibility index (Phi) is 10.5. The fourth-order valence-electron chi connectivity index (χ4n) is 3.44. The van der Waals surface area contributed by atoms with Gasteiger partial charge in [0.1, 0.15) is 67.1 Å². The van der Waals surface area contributed by atoms with Gasteiger partial charge in [0.25, 0.3) is 0 Å². The molecule has 0 amide bonds. The van der Waals surface area contributed by atoms with Gasteiger partial charge in [-0.2, -0.15) is 0 Å². The maximum Gasteiger partial charge on any atom is 0.187 e. The van der Waals surface area contributed by atoms with Crippen LogP contribution in [-0.2, 0) is 18.9 Å². The molecule has 2 unspecified atom stereocenters. The molecule has 13 atom stereocenters. The Morgan fingerprint density at radius 2 is 1.19 bits per heavy atom. The topological polar surface area (TPSA) is 259 Å². The standard InChI is InChI=1S/C17H32O15/c18-1-5(22)9(24)14(6(23)2-19)31-17-13(28)15(11(26)8(4-21)30-17)32-16-12(27)10(25)7(3-20)29-16/h5-28H,1-4H2/t5-,6+,7-,8+,9+,10-,11-,12+,13+,14-,15-,16?,17?/m0/s1. The Balaban J connectivity index is 2.20. The fraction of sp³-hybridized carbons (Fsp3) is 1.00. The molecule has 0 bridgehead atoms. The smallest absolute Gasteiger partial charge is 0.187 e. The first-order valence-electron chi connectivity index (χ1n) is 9.92. The summed E-state index contributed by atoms with van der Waals surface area (Å²) in [4.78, 5) is 0. The molecule has 2 aliphatic rings. The normalized spacial score (nSPS) is 41.9. The third-order valence-electron chi connectivity index (χ3n) is 5.39. The summed E-state index contributed by atoms with van der Waals surface area (Å²) in [6, 6.07) is 0. The van der Waals surface area contributed by atoms with Crippen molar-refractivity contribution in [2.45, 2.75) is 79.7 Å². The molecule has 2 aliphatic heterocycles. The molecule has 2 heterocycles. The quantitative estimate of drug-likeness (QED) is 0.132. The van der Waals surface area contributed by atoms with Crippen LogP contribution in [0.15, 0.2) is 0 Å². The molecular weight excluding hydrogens is 444 g/mol. The van der Waals surface area contributed by atoms with Gasteiger partial charge in [0, 0.05) is 0 Å². The fourth-order valence-corrected chi connectivity index (χ4v) is 3.44. The van der Waals surface area contributed by atoms with Crippen LogP contribution in [0.2, 0.25) is 0 Å². The van der Waals surface area contributed by atoms with E-state index in [1.54, 1.807) is 0 Å². The summed E-state index contributed by atoms with van der Waals surface area (Å²) in [6.07, 6.45) is -21.9. The Morgan fingerprint density at radius 3 is 1.69 bits per heavy atom. The van der Waals surface area contributed by atoms with Gasteiger partial charge in [-0.25, -0.2) is 0 Å². The van der Waals surface area contributed by atoms with Gasteiger partial charge < -0.3 is 75.1 Å². The highest BCUT2D eigenvalue weighted by Crippen LogP contribution is 2.31. The molecule has 0 aromatic carbocycles. The van der Waals surface area contributed by atoms with E-state index >= 15 is 0 Å². The Morgan fingerprint density at radius 1 is 0.656 bits per heavy atom. The number of aliphatic hydroxyl groups is 11. The lowest BCUT2D eigenvalue weighted by Crippen LogP contribution is -2.63. The van der Waals surface area contributed by atoms with Gasteiger partial charge in [-0.15, -0.1) is 0 Å². The van der Waals surface area contributed by atoms with Crippen LogP contribution in [-0.4, -0.2) is 162 Å². The highest BCUT2D eigenvalue weighted by atomic mass is 16.7. The third kappa shape index (κ3) is 5.90. The maximum absolute atomic E-state index is 10.6. The van der Waals surface area contributed by atoms with E-state index in [4.69, 9.17) is 29.2 Å². The molecule has 0 aliphatic carbocycles. The van der Waals surface area contributed by atoms with Crippen molar-refractivity contribution >= 4 is 0 Å². The van der Waals surface area contributed by atoms with E-state index in [0.29, 0.717) is 0 Å². The van der Waals surface area contributed by atoms with Crippen molar-refractivity contribution in [3.8, 4) is 0 Å².